The summed E-state index contributed by atoms with van der Waals surface area (Å²) >= 11 is 5.71. The van der Waals surface area contributed by atoms with Crippen molar-refractivity contribution in [3.63, 3.8) is 0 Å². The molecule has 0 atom stereocenters. The summed E-state index contributed by atoms with van der Waals surface area (Å²) in [5, 5.41) is 7.04. The Morgan fingerprint density at radius 1 is 1.30 bits per heavy atom. The second-order valence-electron chi connectivity index (χ2n) is 5.52. The monoisotopic (exact) mass is 330 g/mol. The highest BCUT2D eigenvalue weighted by atomic mass is 35.5. The van der Waals surface area contributed by atoms with Gasteiger partial charge in [-0.25, -0.2) is 13.9 Å². The molecule has 1 fully saturated rings. The van der Waals surface area contributed by atoms with Gasteiger partial charge in [-0.3, -0.25) is 4.79 Å². The number of carbonyl (C=O) groups is 1. The molecule has 0 saturated heterocycles. The quantitative estimate of drug-likeness (QED) is 0.797. The third-order valence-corrected chi connectivity index (χ3v) is 4.03. The van der Waals surface area contributed by atoms with Crippen LogP contribution in [0.15, 0.2) is 36.5 Å². The van der Waals surface area contributed by atoms with Crippen LogP contribution in [-0.4, -0.2) is 20.5 Å². The van der Waals surface area contributed by atoms with E-state index in [4.69, 9.17) is 11.6 Å². The number of hydrogen-bond acceptors (Lipinski definition) is 3. The Labute approximate surface area is 136 Å². The molecule has 0 aliphatic heterocycles. The van der Waals surface area contributed by atoms with Gasteiger partial charge in [0.15, 0.2) is 5.65 Å². The molecule has 3 aromatic rings. The molecule has 0 spiro atoms. The van der Waals surface area contributed by atoms with Gasteiger partial charge < -0.3 is 5.32 Å². The fourth-order valence-corrected chi connectivity index (χ4v) is 2.66. The number of amides is 1. The van der Waals surface area contributed by atoms with Crippen molar-refractivity contribution in [1.29, 1.82) is 0 Å². The maximum Gasteiger partial charge on any atom is 0.274 e. The zero-order chi connectivity index (χ0) is 16.0. The summed E-state index contributed by atoms with van der Waals surface area (Å²) in [6.07, 6.45) is 3.80. The van der Waals surface area contributed by atoms with Crippen LogP contribution in [0.2, 0.25) is 5.02 Å². The van der Waals surface area contributed by atoms with E-state index in [1.54, 1.807) is 22.8 Å². The Morgan fingerprint density at radius 3 is 2.87 bits per heavy atom. The van der Waals surface area contributed by atoms with Crippen LogP contribution >= 0.6 is 11.6 Å². The maximum atomic E-state index is 13.8. The van der Waals surface area contributed by atoms with E-state index in [1.807, 2.05) is 0 Å². The van der Waals surface area contributed by atoms with Gasteiger partial charge in [0.25, 0.3) is 5.91 Å². The van der Waals surface area contributed by atoms with Gasteiger partial charge in [-0.2, -0.15) is 5.10 Å². The minimum absolute atomic E-state index is 0.0718. The number of hydrogen-bond donors (Lipinski definition) is 1. The summed E-state index contributed by atoms with van der Waals surface area (Å²) in [4.78, 5) is 16.7. The van der Waals surface area contributed by atoms with Crippen molar-refractivity contribution in [3.05, 3.63) is 58.8 Å². The summed E-state index contributed by atoms with van der Waals surface area (Å²) < 4.78 is 15.6. The van der Waals surface area contributed by atoms with Gasteiger partial charge in [-0.15, -0.1) is 0 Å². The number of benzene rings is 1. The van der Waals surface area contributed by atoms with Crippen molar-refractivity contribution in [1.82, 2.24) is 14.6 Å². The number of nitrogens with zero attached hydrogens (tertiary/aromatic N) is 3. The van der Waals surface area contributed by atoms with Crippen molar-refractivity contribution in [3.8, 4) is 0 Å². The normalized spacial score (nSPS) is 14.2. The molecule has 0 unspecified atom stereocenters. The Hall–Kier alpha value is -2.47. The molecule has 5 nitrogen and oxygen atoms in total. The van der Waals surface area contributed by atoms with Crippen molar-refractivity contribution in [2.24, 2.45) is 0 Å². The lowest BCUT2D eigenvalue weighted by molar-refractivity contribution is 0.102. The van der Waals surface area contributed by atoms with Gasteiger partial charge in [0.05, 0.1) is 11.9 Å². The summed E-state index contributed by atoms with van der Waals surface area (Å²) in [6, 6.07) is 7.56. The molecular weight excluding hydrogens is 319 g/mol. The van der Waals surface area contributed by atoms with Crippen LogP contribution in [0, 0.1) is 5.82 Å². The summed E-state index contributed by atoms with van der Waals surface area (Å²) in [6.45, 7) is 0. The summed E-state index contributed by atoms with van der Waals surface area (Å²) in [5.74, 6) is -0.644. The highest BCUT2D eigenvalue weighted by molar-refractivity contribution is 6.30. The zero-order valence-corrected chi connectivity index (χ0v) is 12.7. The fourth-order valence-electron chi connectivity index (χ4n) is 2.50. The Balaban J connectivity index is 1.69. The molecule has 0 radical (unpaired) electrons. The van der Waals surface area contributed by atoms with Gasteiger partial charge in [-0.05, 0) is 37.1 Å². The van der Waals surface area contributed by atoms with E-state index in [1.165, 1.54) is 12.1 Å². The van der Waals surface area contributed by atoms with Crippen molar-refractivity contribution >= 4 is 28.8 Å². The van der Waals surface area contributed by atoms with Crippen LogP contribution in [-0.2, 0) is 0 Å². The molecule has 116 valence electrons. The third kappa shape index (κ3) is 2.66. The van der Waals surface area contributed by atoms with E-state index in [0.29, 0.717) is 11.6 Å². The third-order valence-electron chi connectivity index (χ3n) is 3.79. The van der Waals surface area contributed by atoms with Gasteiger partial charge in [-0.1, -0.05) is 11.6 Å². The molecule has 0 bridgehead atoms. The Kier molecular flexibility index (Phi) is 3.27. The molecule has 1 N–H and O–H groups in total. The lowest BCUT2D eigenvalue weighted by Crippen LogP contribution is -2.16. The second kappa shape index (κ2) is 5.31. The predicted octanol–water partition coefficient (Wildman–Crippen LogP) is 3.65. The van der Waals surface area contributed by atoms with Crippen molar-refractivity contribution < 1.29 is 9.18 Å². The Bertz CT molecular complexity index is 920. The fraction of sp³-hybridized carbons (Fsp3) is 0.188. The smallest absolute Gasteiger partial charge is 0.274 e. The van der Waals surface area contributed by atoms with Gasteiger partial charge >= 0.3 is 0 Å². The summed E-state index contributed by atoms with van der Waals surface area (Å²) in [7, 11) is 0. The summed E-state index contributed by atoms with van der Waals surface area (Å²) in [5.41, 5.74) is 1.88. The van der Waals surface area contributed by atoms with E-state index >= 15 is 0 Å². The molecule has 1 aliphatic carbocycles. The zero-order valence-electron chi connectivity index (χ0n) is 12.0. The molecule has 4 rings (SSSR count). The molecule has 1 amide bonds. The van der Waals surface area contributed by atoms with E-state index in [0.717, 1.165) is 24.6 Å². The number of rotatable bonds is 3. The van der Waals surface area contributed by atoms with Crippen LogP contribution in [0.25, 0.3) is 5.65 Å². The first-order valence-electron chi connectivity index (χ1n) is 7.23. The standard InChI is InChI=1S/C16H12ClFN4O/c17-10-3-4-12(11(18)7-10)21-16(23)13-8-14(9-1-2-9)22-15(20-13)5-6-19-22/h3-9H,1-2H2,(H,21,23). The average molecular weight is 331 g/mol. The number of carbonyl (C=O) groups excluding carboxylic acids is 1. The van der Waals surface area contributed by atoms with Crippen LogP contribution in [0.1, 0.15) is 34.9 Å². The topological polar surface area (TPSA) is 59.3 Å². The number of halogens is 2. The lowest BCUT2D eigenvalue weighted by Gasteiger charge is -2.09. The van der Waals surface area contributed by atoms with E-state index in [-0.39, 0.29) is 16.4 Å². The number of fused-ring (bicyclic) bond motifs is 1. The second-order valence-corrected chi connectivity index (χ2v) is 5.96. The highest BCUT2D eigenvalue weighted by Gasteiger charge is 2.28. The van der Waals surface area contributed by atoms with E-state index in [9.17, 15) is 9.18 Å². The molecule has 1 saturated carbocycles. The predicted molar refractivity (Wildman–Crippen MR) is 84.3 cm³/mol. The number of aromatic nitrogens is 3. The van der Waals surface area contributed by atoms with Crippen molar-refractivity contribution in [2.75, 3.05) is 5.32 Å². The van der Waals surface area contributed by atoms with Gasteiger partial charge in [0, 0.05) is 22.7 Å². The number of nitrogens with one attached hydrogen (secondary N) is 1. The van der Waals surface area contributed by atoms with Crippen molar-refractivity contribution in [2.45, 2.75) is 18.8 Å². The largest absolute Gasteiger partial charge is 0.318 e. The minimum atomic E-state index is -0.585. The Morgan fingerprint density at radius 2 is 2.13 bits per heavy atom. The first-order valence-corrected chi connectivity index (χ1v) is 7.61. The number of anilines is 1. The molecule has 7 heteroatoms. The first kappa shape index (κ1) is 14.1. The molecule has 1 aliphatic rings. The molecule has 23 heavy (non-hydrogen) atoms. The molecular formula is C16H12ClFN4O. The van der Waals surface area contributed by atoms with Crippen LogP contribution in [0.5, 0.6) is 0 Å². The van der Waals surface area contributed by atoms with Crippen LogP contribution in [0.3, 0.4) is 0 Å². The van der Waals surface area contributed by atoms with Gasteiger partial charge in [0.1, 0.15) is 11.5 Å². The van der Waals surface area contributed by atoms with Crippen LogP contribution in [0.4, 0.5) is 10.1 Å². The molecule has 2 heterocycles. The average Bonchev–Trinajstić information content (AvgIpc) is 3.26. The van der Waals surface area contributed by atoms with Gasteiger partial charge in [0.2, 0.25) is 0 Å². The molecule has 1 aromatic carbocycles. The highest BCUT2D eigenvalue weighted by Crippen LogP contribution is 2.40. The van der Waals surface area contributed by atoms with Crippen LogP contribution < -0.4 is 5.32 Å². The lowest BCUT2D eigenvalue weighted by atomic mass is 10.2. The minimum Gasteiger partial charge on any atom is -0.318 e. The van der Waals surface area contributed by atoms with E-state index < -0.39 is 11.7 Å². The SMILES string of the molecule is O=C(Nc1ccc(Cl)cc1F)c1cc(C2CC2)n2nccc2n1. The van der Waals surface area contributed by atoms with E-state index in [2.05, 4.69) is 15.4 Å². The first-order chi connectivity index (χ1) is 11.1. The maximum absolute atomic E-state index is 13.8. The molecule has 2 aromatic heterocycles.